The van der Waals surface area contributed by atoms with E-state index in [0.29, 0.717) is 32.2 Å². The molecular formula is C31H42N8O6. The first-order chi connectivity index (χ1) is 21.5. The van der Waals surface area contributed by atoms with Crippen molar-refractivity contribution in [2.45, 2.75) is 62.7 Å². The second-order valence-electron chi connectivity index (χ2n) is 10.9. The first kappa shape index (κ1) is 34.5. The van der Waals surface area contributed by atoms with Crippen LogP contribution in [0.3, 0.4) is 0 Å². The van der Waals surface area contributed by atoms with E-state index in [2.05, 4.69) is 20.9 Å². The summed E-state index contributed by atoms with van der Waals surface area (Å²) < 4.78 is 0. The number of nitrogens with zero attached hydrogens (tertiary/aromatic N) is 2. The summed E-state index contributed by atoms with van der Waals surface area (Å²) >= 11 is 0. The predicted octanol–water partition coefficient (Wildman–Crippen LogP) is -0.986. The van der Waals surface area contributed by atoms with E-state index < -0.39 is 53.8 Å². The van der Waals surface area contributed by atoms with E-state index in [9.17, 15) is 29.1 Å². The Morgan fingerprint density at radius 2 is 1.51 bits per heavy atom. The highest BCUT2D eigenvalue weighted by molar-refractivity contribution is 5.95. The molecule has 2 aromatic carbocycles. The Balaban J connectivity index is 1.63. The summed E-state index contributed by atoms with van der Waals surface area (Å²) in [5, 5.41) is 17.5. The molecule has 1 saturated heterocycles. The summed E-state index contributed by atoms with van der Waals surface area (Å²) in [7, 11) is 0. The standard InChI is InChI=1S/C31H42N8O6/c32-22(17-20-9-3-1-4-10-20)27(41)36-19-26(40)39-16-8-14-25(39)29(43)38-24(18-21-11-5-2-6-12-21)28(42)37-23(30(44)45)13-7-15-35-31(33)34/h1-6,9-12,22-25H,7-8,13-19,32H2,(H,36,41)(H,37,42)(H,38,43)(H,44,45)(H4,33,34,35)/t22-,23-,24-,25-/m0/s1. The van der Waals surface area contributed by atoms with Crippen LogP contribution in [0, 0.1) is 0 Å². The Bertz CT molecular complexity index is 1340. The molecule has 0 saturated carbocycles. The molecule has 4 amide bonds. The number of nitrogens with one attached hydrogen (secondary N) is 3. The first-order valence-corrected chi connectivity index (χ1v) is 14.8. The molecule has 4 atom stereocenters. The van der Waals surface area contributed by atoms with Gasteiger partial charge in [0.05, 0.1) is 12.6 Å². The van der Waals surface area contributed by atoms with Crippen LogP contribution >= 0.6 is 0 Å². The highest BCUT2D eigenvalue weighted by Crippen LogP contribution is 2.18. The number of aliphatic carboxylic acids is 1. The van der Waals surface area contributed by atoms with Gasteiger partial charge in [-0.05, 0) is 43.2 Å². The molecule has 1 aliphatic heterocycles. The molecule has 0 aromatic heterocycles. The van der Waals surface area contributed by atoms with Crippen molar-refractivity contribution in [1.82, 2.24) is 20.9 Å². The largest absolute Gasteiger partial charge is 0.480 e. The van der Waals surface area contributed by atoms with Gasteiger partial charge in [-0.1, -0.05) is 60.7 Å². The normalized spacial score (nSPS) is 16.1. The van der Waals surface area contributed by atoms with Gasteiger partial charge in [0, 0.05) is 19.5 Å². The number of rotatable bonds is 16. The molecule has 1 aliphatic rings. The molecule has 242 valence electrons. The number of aliphatic imine (C=N–C) groups is 1. The van der Waals surface area contributed by atoms with Crippen molar-refractivity contribution in [2.24, 2.45) is 22.2 Å². The van der Waals surface area contributed by atoms with Crippen LogP contribution in [0.5, 0.6) is 0 Å². The monoisotopic (exact) mass is 622 g/mol. The Kier molecular flexibility index (Phi) is 13.3. The Labute approximate surface area is 261 Å². The lowest BCUT2D eigenvalue weighted by molar-refractivity contribution is -0.143. The molecule has 1 heterocycles. The average molecular weight is 623 g/mol. The molecule has 0 unspecified atom stereocenters. The van der Waals surface area contributed by atoms with E-state index in [1.165, 1.54) is 4.90 Å². The minimum absolute atomic E-state index is 0.0650. The number of nitrogens with two attached hydrogens (primary N) is 3. The number of carbonyl (C=O) groups excluding carboxylic acids is 4. The van der Waals surface area contributed by atoms with Crippen LogP contribution in [0.1, 0.15) is 36.8 Å². The molecular weight excluding hydrogens is 580 g/mol. The molecule has 1 fully saturated rings. The Morgan fingerprint density at radius 1 is 0.889 bits per heavy atom. The van der Waals surface area contributed by atoms with E-state index >= 15 is 0 Å². The van der Waals surface area contributed by atoms with Gasteiger partial charge in [0.15, 0.2) is 5.96 Å². The van der Waals surface area contributed by atoms with Crippen molar-refractivity contribution in [2.75, 3.05) is 19.6 Å². The fourth-order valence-electron chi connectivity index (χ4n) is 5.05. The van der Waals surface area contributed by atoms with Crippen LogP contribution in [-0.2, 0) is 36.8 Å². The quantitative estimate of drug-likeness (QED) is 0.0691. The maximum absolute atomic E-state index is 13.5. The van der Waals surface area contributed by atoms with Gasteiger partial charge in [-0.3, -0.25) is 24.2 Å². The maximum atomic E-state index is 13.5. The van der Waals surface area contributed by atoms with E-state index in [1.54, 1.807) is 24.3 Å². The molecule has 3 rings (SSSR count). The lowest BCUT2D eigenvalue weighted by Gasteiger charge is -2.27. The third kappa shape index (κ3) is 11.2. The topological polar surface area (TPSA) is 235 Å². The maximum Gasteiger partial charge on any atom is 0.326 e. The van der Waals surface area contributed by atoms with Crippen LogP contribution < -0.4 is 33.2 Å². The molecule has 0 bridgehead atoms. The van der Waals surface area contributed by atoms with Crippen molar-refractivity contribution in [3.63, 3.8) is 0 Å². The van der Waals surface area contributed by atoms with Crippen LogP contribution in [-0.4, -0.2) is 89.4 Å². The van der Waals surface area contributed by atoms with Gasteiger partial charge in [0.1, 0.15) is 18.1 Å². The SMILES string of the molecule is NC(N)=NCCC[C@H](NC(=O)[C@H](Cc1ccccc1)NC(=O)[C@@H]1CCCN1C(=O)CNC(=O)[C@@H](N)Cc1ccccc1)C(=O)O. The smallest absolute Gasteiger partial charge is 0.326 e. The summed E-state index contributed by atoms with van der Waals surface area (Å²) in [6, 6.07) is 14.1. The molecule has 14 heteroatoms. The molecule has 0 aliphatic carbocycles. The van der Waals surface area contributed by atoms with Gasteiger partial charge in [-0.15, -0.1) is 0 Å². The molecule has 0 radical (unpaired) electrons. The minimum atomic E-state index is -1.24. The summed E-state index contributed by atoms with van der Waals surface area (Å²) in [6.07, 6.45) is 1.68. The number of likely N-dealkylation sites (tertiary alicyclic amines) is 1. The van der Waals surface area contributed by atoms with Crippen molar-refractivity contribution < 1.29 is 29.1 Å². The summed E-state index contributed by atoms with van der Waals surface area (Å²) in [4.78, 5) is 69.5. The molecule has 14 nitrogen and oxygen atoms in total. The van der Waals surface area contributed by atoms with Crippen molar-refractivity contribution in [1.29, 1.82) is 0 Å². The lowest BCUT2D eigenvalue weighted by atomic mass is 10.0. The van der Waals surface area contributed by atoms with Crippen molar-refractivity contribution in [3.05, 3.63) is 71.8 Å². The highest BCUT2D eigenvalue weighted by atomic mass is 16.4. The number of hydrogen-bond acceptors (Lipinski definition) is 7. The third-order valence-corrected chi connectivity index (χ3v) is 7.40. The summed E-state index contributed by atoms with van der Waals surface area (Å²) in [5.41, 5.74) is 18.3. The zero-order chi connectivity index (χ0) is 32.8. The van der Waals surface area contributed by atoms with Gasteiger partial charge in [-0.25, -0.2) is 4.79 Å². The van der Waals surface area contributed by atoms with E-state index in [0.717, 1.165) is 11.1 Å². The van der Waals surface area contributed by atoms with Crippen LogP contribution in [0.15, 0.2) is 65.7 Å². The number of carbonyl (C=O) groups is 5. The average Bonchev–Trinajstić information content (AvgIpc) is 3.52. The molecule has 10 N–H and O–H groups in total. The summed E-state index contributed by atoms with van der Waals surface area (Å²) in [6.45, 7) is 0.158. The third-order valence-electron chi connectivity index (χ3n) is 7.40. The first-order valence-electron chi connectivity index (χ1n) is 14.8. The molecule has 45 heavy (non-hydrogen) atoms. The number of hydrogen-bond donors (Lipinski definition) is 7. The van der Waals surface area contributed by atoms with E-state index in [1.807, 2.05) is 36.4 Å². The predicted molar refractivity (Wildman–Crippen MR) is 167 cm³/mol. The minimum Gasteiger partial charge on any atom is -0.480 e. The second kappa shape index (κ2) is 17.3. The number of carboxylic acid groups (broad SMARTS) is 1. The summed E-state index contributed by atoms with van der Waals surface area (Å²) in [5.74, 6) is -3.54. The zero-order valence-corrected chi connectivity index (χ0v) is 25.1. The van der Waals surface area contributed by atoms with Crippen molar-refractivity contribution >= 4 is 35.6 Å². The zero-order valence-electron chi connectivity index (χ0n) is 25.1. The van der Waals surface area contributed by atoms with Gasteiger partial charge in [0.2, 0.25) is 23.6 Å². The fourth-order valence-corrected chi connectivity index (χ4v) is 5.05. The number of benzene rings is 2. The lowest BCUT2D eigenvalue weighted by Crippen LogP contribution is -2.56. The number of carboxylic acids is 1. The Morgan fingerprint density at radius 3 is 2.11 bits per heavy atom. The second-order valence-corrected chi connectivity index (χ2v) is 10.9. The van der Waals surface area contributed by atoms with Gasteiger partial charge >= 0.3 is 5.97 Å². The van der Waals surface area contributed by atoms with E-state index in [4.69, 9.17) is 17.2 Å². The molecule has 2 aromatic rings. The van der Waals surface area contributed by atoms with Crippen LogP contribution in [0.4, 0.5) is 0 Å². The van der Waals surface area contributed by atoms with Gasteiger partial charge in [-0.2, -0.15) is 0 Å². The highest BCUT2D eigenvalue weighted by Gasteiger charge is 2.36. The Hall–Kier alpha value is -4.98. The van der Waals surface area contributed by atoms with Gasteiger partial charge in [0.25, 0.3) is 0 Å². The number of guanidine groups is 1. The van der Waals surface area contributed by atoms with E-state index in [-0.39, 0.29) is 31.9 Å². The number of amides is 4. The molecule has 0 spiro atoms. The van der Waals surface area contributed by atoms with Crippen molar-refractivity contribution in [3.8, 4) is 0 Å². The fraction of sp³-hybridized carbons (Fsp3) is 0.419. The van der Waals surface area contributed by atoms with Crippen LogP contribution in [0.2, 0.25) is 0 Å². The van der Waals surface area contributed by atoms with Gasteiger partial charge < -0.3 is 43.2 Å². The van der Waals surface area contributed by atoms with Crippen LogP contribution in [0.25, 0.3) is 0 Å².